The maximum atomic E-state index is 13.5. The molecule has 0 radical (unpaired) electrons. The molecule has 7 nitrogen and oxygen atoms in total. The monoisotopic (exact) mass is 477 g/mol. The first-order valence-corrected chi connectivity index (χ1v) is 11.4. The Morgan fingerprint density at radius 3 is 2.08 bits per heavy atom. The molecule has 5 rings (SSSR count). The van der Waals surface area contributed by atoms with Gasteiger partial charge in [-0.3, -0.25) is 14.9 Å². The van der Waals surface area contributed by atoms with Crippen molar-refractivity contribution in [1.82, 2.24) is 9.88 Å². The third kappa shape index (κ3) is 4.07. The molecule has 4 aromatic rings. The number of carbonyl (C=O) groups excluding carboxylic acids is 3. The normalized spacial score (nSPS) is 14.8. The van der Waals surface area contributed by atoms with Crippen LogP contribution in [-0.4, -0.2) is 29.5 Å². The molecule has 0 atom stereocenters. The Hall–Kier alpha value is -4.91. The fourth-order valence-corrected chi connectivity index (χ4v) is 4.35. The molecule has 3 aromatic carbocycles. The van der Waals surface area contributed by atoms with Crippen molar-refractivity contribution in [3.8, 4) is 22.7 Å². The minimum absolute atomic E-state index is 0.132. The van der Waals surface area contributed by atoms with Crippen molar-refractivity contribution < 1.29 is 19.1 Å². The summed E-state index contributed by atoms with van der Waals surface area (Å²) in [5, 5.41) is 2.29. The number of hydrogen-bond donors (Lipinski definition) is 1. The number of hydrogen-bond acceptors (Lipinski definition) is 4. The number of benzene rings is 3. The van der Waals surface area contributed by atoms with Crippen molar-refractivity contribution in [3.63, 3.8) is 0 Å². The van der Waals surface area contributed by atoms with E-state index in [1.165, 1.54) is 7.11 Å². The summed E-state index contributed by atoms with van der Waals surface area (Å²) >= 11 is 0. The lowest BCUT2D eigenvalue weighted by Crippen LogP contribution is -2.54. The van der Waals surface area contributed by atoms with Crippen molar-refractivity contribution in [3.05, 3.63) is 108 Å². The van der Waals surface area contributed by atoms with E-state index in [2.05, 4.69) is 9.88 Å². The van der Waals surface area contributed by atoms with Crippen molar-refractivity contribution in [2.75, 3.05) is 12.0 Å². The second-order valence-corrected chi connectivity index (χ2v) is 8.28. The molecule has 1 N–H and O–H groups in total. The molecule has 0 saturated carbocycles. The molecular formula is C29H23N3O4. The Kier molecular flexibility index (Phi) is 5.96. The maximum Gasteiger partial charge on any atom is 0.335 e. The van der Waals surface area contributed by atoms with Crippen molar-refractivity contribution in [2.45, 2.75) is 6.92 Å². The Morgan fingerprint density at radius 1 is 0.806 bits per heavy atom. The van der Waals surface area contributed by atoms with Gasteiger partial charge in [0.05, 0.1) is 18.5 Å². The van der Waals surface area contributed by atoms with Gasteiger partial charge in [-0.15, -0.1) is 0 Å². The van der Waals surface area contributed by atoms with Gasteiger partial charge in [0.15, 0.2) is 0 Å². The van der Waals surface area contributed by atoms with Crippen molar-refractivity contribution in [2.24, 2.45) is 0 Å². The van der Waals surface area contributed by atoms with Gasteiger partial charge in [0.2, 0.25) is 0 Å². The number of aryl methyl sites for hydroxylation is 1. The van der Waals surface area contributed by atoms with Gasteiger partial charge in [-0.05, 0) is 61.0 Å². The van der Waals surface area contributed by atoms with Crippen molar-refractivity contribution in [1.29, 1.82) is 0 Å². The number of anilines is 1. The van der Waals surface area contributed by atoms with E-state index in [1.54, 1.807) is 30.3 Å². The largest absolute Gasteiger partial charge is 0.497 e. The third-order valence-corrected chi connectivity index (χ3v) is 6.01. The fraction of sp³-hybridized carbons (Fsp3) is 0.0690. The van der Waals surface area contributed by atoms with E-state index in [9.17, 15) is 14.4 Å². The highest BCUT2D eigenvalue weighted by atomic mass is 16.5. The zero-order valence-corrected chi connectivity index (χ0v) is 19.8. The first kappa shape index (κ1) is 22.9. The number of aromatic nitrogens is 1. The van der Waals surface area contributed by atoms with Crippen LogP contribution in [0.1, 0.15) is 11.3 Å². The number of nitrogens with one attached hydrogen (secondary N) is 1. The predicted octanol–water partition coefficient (Wildman–Crippen LogP) is 5.13. The molecule has 4 amide bonds. The fourth-order valence-electron chi connectivity index (χ4n) is 4.35. The molecule has 0 aliphatic carbocycles. The van der Waals surface area contributed by atoms with Crippen LogP contribution < -0.4 is 15.0 Å². The molecule has 0 spiro atoms. The molecule has 178 valence electrons. The summed E-state index contributed by atoms with van der Waals surface area (Å²) in [6, 6.07) is 27.2. The average molecular weight is 478 g/mol. The average Bonchev–Trinajstić information content (AvgIpc) is 3.23. The van der Waals surface area contributed by atoms with Crippen LogP contribution in [0.15, 0.2) is 96.6 Å². The highest BCUT2D eigenvalue weighted by Crippen LogP contribution is 2.33. The summed E-state index contributed by atoms with van der Waals surface area (Å²) < 4.78 is 7.24. The van der Waals surface area contributed by atoms with E-state index in [4.69, 9.17) is 4.74 Å². The molecule has 36 heavy (non-hydrogen) atoms. The number of imide groups is 2. The van der Waals surface area contributed by atoms with Crippen LogP contribution >= 0.6 is 0 Å². The second-order valence-electron chi connectivity index (χ2n) is 8.28. The lowest BCUT2D eigenvalue weighted by molar-refractivity contribution is -0.122. The summed E-state index contributed by atoms with van der Waals surface area (Å²) in [5.74, 6) is -0.849. The molecular weight excluding hydrogens is 454 g/mol. The number of nitrogens with zero attached hydrogens (tertiary/aromatic N) is 2. The SMILES string of the molecule is COc1ccc(N2C(=O)NC(=O)/C(=C\c3cc(C)n(-c4ccccc4)c3-c3ccccc3)C2=O)cc1. The predicted molar refractivity (Wildman–Crippen MR) is 138 cm³/mol. The van der Waals surface area contributed by atoms with Gasteiger partial charge in [-0.1, -0.05) is 48.5 Å². The summed E-state index contributed by atoms with van der Waals surface area (Å²) in [6.45, 7) is 1.97. The van der Waals surface area contributed by atoms with Crippen LogP contribution in [-0.2, 0) is 9.59 Å². The van der Waals surface area contributed by atoms with Gasteiger partial charge in [0.25, 0.3) is 11.8 Å². The Labute approximate surface area is 208 Å². The van der Waals surface area contributed by atoms with Crippen LogP contribution in [0.5, 0.6) is 5.75 Å². The summed E-state index contributed by atoms with van der Waals surface area (Å²) in [5.41, 5.74) is 4.52. The highest BCUT2D eigenvalue weighted by Gasteiger charge is 2.37. The van der Waals surface area contributed by atoms with Gasteiger partial charge in [0.1, 0.15) is 11.3 Å². The number of rotatable bonds is 5. The molecule has 1 aliphatic heterocycles. The van der Waals surface area contributed by atoms with Gasteiger partial charge in [-0.2, -0.15) is 0 Å². The summed E-state index contributed by atoms with van der Waals surface area (Å²) in [6.07, 6.45) is 1.55. The lowest BCUT2D eigenvalue weighted by Gasteiger charge is -2.26. The third-order valence-electron chi connectivity index (χ3n) is 6.01. The molecule has 0 unspecified atom stereocenters. The van der Waals surface area contributed by atoms with Gasteiger partial charge >= 0.3 is 6.03 Å². The Morgan fingerprint density at radius 2 is 1.44 bits per heavy atom. The molecule has 1 fully saturated rings. The van der Waals surface area contributed by atoms with E-state index in [1.807, 2.05) is 73.7 Å². The molecule has 0 bridgehead atoms. The zero-order chi connectivity index (χ0) is 25.2. The van der Waals surface area contributed by atoms with E-state index >= 15 is 0 Å². The molecule has 1 saturated heterocycles. The lowest BCUT2D eigenvalue weighted by atomic mass is 10.0. The van der Waals surface area contributed by atoms with E-state index in [0.717, 1.165) is 27.5 Å². The van der Waals surface area contributed by atoms with Crippen LogP contribution in [0.3, 0.4) is 0 Å². The second kappa shape index (κ2) is 9.38. The quantitative estimate of drug-likeness (QED) is 0.319. The number of carbonyl (C=O) groups is 3. The zero-order valence-electron chi connectivity index (χ0n) is 19.8. The number of para-hydroxylation sites is 1. The Bertz CT molecular complexity index is 1490. The van der Waals surface area contributed by atoms with Crippen LogP contribution in [0.4, 0.5) is 10.5 Å². The van der Waals surface area contributed by atoms with Crippen LogP contribution in [0.25, 0.3) is 23.0 Å². The molecule has 7 heteroatoms. The number of urea groups is 1. The maximum absolute atomic E-state index is 13.5. The van der Waals surface area contributed by atoms with E-state index in [0.29, 0.717) is 17.0 Å². The number of ether oxygens (including phenoxy) is 1. The number of methoxy groups -OCH3 is 1. The first-order valence-electron chi connectivity index (χ1n) is 11.4. The van der Waals surface area contributed by atoms with E-state index in [-0.39, 0.29) is 5.57 Å². The number of amides is 4. The molecule has 1 aliphatic rings. The Balaban J connectivity index is 1.65. The summed E-state index contributed by atoms with van der Waals surface area (Å²) in [7, 11) is 1.53. The smallest absolute Gasteiger partial charge is 0.335 e. The standard InChI is InChI=1S/C29H23N3O4/c1-19-17-21(26(20-9-5-3-6-10-20)31(19)22-11-7-4-8-12-22)18-25-27(33)30-29(35)32(28(25)34)23-13-15-24(36-2)16-14-23/h3-18H,1-2H3,(H,30,33,35)/b25-18+. The molecule has 1 aromatic heterocycles. The van der Waals surface area contributed by atoms with Gasteiger partial charge in [-0.25, -0.2) is 9.69 Å². The topological polar surface area (TPSA) is 80.6 Å². The summed E-state index contributed by atoms with van der Waals surface area (Å²) in [4.78, 5) is 39.8. The molecule has 2 heterocycles. The van der Waals surface area contributed by atoms with Crippen LogP contribution in [0, 0.1) is 6.92 Å². The van der Waals surface area contributed by atoms with E-state index < -0.39 is 17.8 Å². The highest BCUT2D eigenvalue weighted by molar-refractivity contribution is 6.39. The van der Waals surface area contributed by atoms with Gasteiger partial charge in [0, 0.05) is 16.9 Å². The minimum Gasteiger partial charge on any atom is -0.497 e. The van der Waals surface area contributed by atoms with Crippen LogP contribution in [0.2, 0.25) is 0 Å². The number of barbiturate groups is 1. The van der Waals surface area contributed by atoms with Gasteiger partial charge < -0.3 is 9.30 Å². The minimum atomic E-state index is -0.798. The van der Waals surface area contributed by atoms with Crippen molar-refractivity contribution >= 4 is 29.6 Å². The first-order chi connectivity index (χ1) is 17.5.